The lowest BCUT2D eigenvalue weighted by atomic mass is 9.71. The van der Waals surface area contributed by atoms with Gasteiger partial charge in [0, 0.05) is 4.47 Å². The minimum atomic E-state index is 0.0515. The quantitative estimate of drug-likeness (QED) is 0.636. The highest BCUT2D eigenvalue weighted by atomic mass is 79.9. The normalized spacial score (nSPS) is 25.2. The number of hydrogen-bond donors (Lipinski definition) is 2. The molecule has 0 amide bonds. The predicted molar refractivity (Wildman–Crippen MR) is 86.4 cm³/mol. The highest BCUT2D eigenvalue weighted by Gasteiger charge is 2.33. The molecule has 1 saturated carbocycles. The summed E-state index contributed by atoms with van der Waals surface area (Å²) in [5.74, 6) is 1.43. The lowest BCUT2D eigenvalue weighted by Crippen LogP contribution is -2.34. The predicted octanol–water partition coefficient (Wildman–Crippen LogP) is 4.33. The minimum absolute atomic E-state index is 0.0515. The van der Waals surface area contributed by atoms with Crippen LogP contribution in [0.4, 0.5) is 0 Å². The van der Waals surface area contributed by atoms with E-state index in [0.29, 0.717) is 22.6 Å². The van der Waals surface area contributed by atoms with E-state index >= 15 is 0 Å². The van der Waals surface area contributed by atoms with Gasteiger partial charge >= 0.3 is 0 Å². The molecule has 1 aliphatic carbocycles. The topological polar surface area (TPSA) is 59.1 Å². The van der Waals surface area contributed by atoms with Crippen molar-refractivity contribution in [2.75, 3.05) is 0 Å². The average Bonchev–Trinajstić information content (AvgIpc) is 2.25. The monoisotopic (exact) mass is 338 g/mol. The number of nitrogens with two attached hydrogens (primary N) is 1. The molecule has 0 saturated heterocycles. The zero-order valence-electron chi connectivity index (χ0n) is 12.4. The zero-order chi connectivity index (χ0) is 14.9. The van der Waals surface area contributed by atoms with Crippen LogP contribution in [0.25, 0.3) is 0 Å². The van der Waals surface area contributed by atoms with Crippen LogP contribution in [-0.4, -0.2) is 11.9 Å². The Bertz CT molecular complexity index is 513. The van der Waals surface area contributed by atoms with Gasteiger partial charge in [-0.1, -0.05) is 36.7 Å². The van der Waals surface area contributed by atoms with Crippen molar-refractivity contribution in [1.29, 1.82) is 5.41 Å². The number of benzene rings is 1. The number of rotatable bonds is 3. The smallest absolute Gasteiger partial charge is 0.131 e. The Morgan fingerprint density at radius 2 is 2.10 bits per heavy atom. The van der Waals surface area contributed by atoms with Gasteiger partial charge in [0.1, 0.15) is 11.6 Å². The van der Waals surface area contributed by atoms with Crippen LogP contribution in [-0.2, 0) is 0 Å². The Hall–Kier alpha value is -1.03. The Labute approximate surface area is 129 Å². The molecule has 0 bridgehead atoms. The van der Waals surface area contributed by atoms with Crippen molar-refractivity contribution in [2.24, 2.45) is 17.1 Å². The largest absolute Gasteiger partial charge is 0.490 e. The first-order chi connectivity index (χ1) is 9.27. The van der Waals surface area contributed by atoms with Gasteiger partial charge in [-0.2, -0.15) is 0 Å². The number of hydrogen-bond acceptors (Lipinski definition) is 2. The SMILES string of the molecule is CC1CC(Oc2cc(Br)ccc2C(=N)N)CC(C)(C)C1. The Balaban J connectivity index is 2.21. The highest BCUT2D eigenvalue weighted by molar-refractivity contribution is 9.10. The van der Waals surface area contributed by atoms with Gasteiger partial charge in [-0.15, -0.1) is 0 Å². The van der Waals surface area contributed by atoms with Crippen LogP contribution in [0.15, 0.2) is 22.7 Å². The summed E-state index contributed by atoms with van der Waals surface area (Å²) in [4.78, 5) is 0. The molecule has 1 aliphatic rings. The fourth-order valence-corrected chi connectivity index (χ4v) is 3.68. The van der Waals surface area contributed by atoms with Crippen LogP contribution < -0.4 is 10.5 Å². The summed E-state index contributed by atoms with van der Waals surface area (Å²) in [5.41, 5.74) is 6.62. The molecule has 0 radical (unpaired) electrons. The highest BCUT2D eigenvalue weighted by Crippen LogP contribution is 2.40. The molecule has 110 valence electrons. The maximum absolute atomic E-state index is 7.66. The first-order valence-corrected chi connectivity index (χ1v) is 7.87. The van der Waals surface area contributed by atoms with Crippen molar-refractivity contribution in [3.63, 3.8) is 0 Å². The summed E-state index contributed by atoms with van der Waals surface area (Å²) < 4.78 is 7.13. The van der Waals surface area contributed by atoms with E-state index in [1.807, 2.05) is 18.2 Å². The van der Waals surface area contributed by atoms with Crippen LogP contribution in [0.3, 0.4) is 0 Å². The average molecular weight is 339 g/mol. The summed E-state index contributed by atoms with van der Waals surface area (Å²) in [6.07, 6.45) is 3.54. The Morgan fingerprint density at radius 1 is 1.40 bits per heavy atom. The van der Waals surface area contributed by atoms with Gasteiger partial charge in [-0.25, -0.2) is 0 Å². The molecule has 20 heavy (non-hydrogen) atoms. The Morgan fingerprint density at radius 3 is 2.70 bits per heavy atom. The fourth-order valence-electron chi connectivity index (χ4n) is 3.34. The second-order valence-corrected chi connectivity index (χ2v) is 7.62. The third kappa shape index (κ3) is 3.75. The van der Waals surface area contributed by atoms with Gasteiger partial charge in [0.2, 0.25) is 0 Å². The van der Waals surface area contributed by atoms with E-state index in [9.17, 15) is 0 Å². The molecule has 4 heteroatoms. The van der Waals surface area contributed by atoms with Crippen LogP contribution in [0.5, 0.6) is 5.75 Å². The van der Waals surface area contributed by atoms with Gasteiger partial charge in [-0.3, -0.25) is 5.41 Å². The van der Waals surface area contributed by atoms with Gasteiger partial charge in [0.15, 0.2) is 0 Å². The molecule has 2 atom stereocenters. The fraction of sp³-hybridized carbons (Fsp3) is 0.562. The molecule has 0 aromatic heterocycles. The van der Waals surface area contributed by atoms with Crippen LogP contribution >= 0.6 is 15.9 Å². The number of nitrogens with one attached hydrogen (secondary N) is 1. The third-order valence-corrected chi connectivity index (χ3v) is 4.37. The number of halogens is 1. The van der Waals surface area contributed by atoms with Gasteiger partial charge in [-0.05, 0) is 48.8 Å². The van der Waals surface area contributed by atoms with Crippen LogP contribution in [0.2, 0.25) is 0 Å². The van der Waals surface area contributed by atoms with Crippen molar-refractivity contribution in [3.05, 3.63) is 28.2 Å². The van der Waals surface area contributed by atoms with Crippen molar-refractivity contribution in [3.8, 4) is 5.75 Å². The lowest BCUT2D eigenvalue weighted by Gasteiger charge is -2.39. The maximum atomic E-state index is 7.66. The molecular weight excluding hydrogens is 316 g/mol. The van der Waals surface area contributed by atoms with E-state index in [0.717, 1.165) is 17.3 Å². The van der Waals surface area contributed by atoms with E-state index in [-0.39, 0.29) is 11.9 Å². The molecule has 3 nitrogen and oxygen atoms in total. The molecule has 1 aromatic carbocycles. The van der Waals surface area contributed by atoms with Gasteiger partial charge < -0.3 is 10.5 Å². The summed E-state index contributed by atoms with van der Waals surface area (Å²) in [6.45, 7) is 6.88. The second-order valence-electron chi connectivity index (χ2n) is 6.71. The van der Waals surface area contributed by atoms with E-state index in [1.165, 1.54) is 6.42 Å². The molecule has 0 spiro atoms. The molecule has 0 aliphatic heterocycles. The maximum Gasteiger partial charge on any atom is 0.131 e. The van der Waals surface area contributed by atoms with Crippen molar-refractivity contribution in [1.82, 2.24) is 0 Å². The third-order valence-electron chi connectivity index (χ3n) is 3.87. The standard InChI is InChI=1S/C16H23BrN2O/c1-10-6-12(9-16(2,3)8-10)20-14-7-11(17)4-5-13(14)15(18)19/h4-5,7,10,12H,6,8-9H2,1-3H3,(H3,18,19). The van der Waals surface area contributed by atoms with Gasteiger partial charge in [0.25, 0.3) is 0 Å². The molecular formula is C16H23BrN2O. The van der Waals surface area contributed by atoms with Crippen LogP contribution in [0.1, 0.15) is 45.6 Å². The van der Waals surface area contributed by atoms with E-state index in [1.54, 1.807) is 0 Å². The van der Waals surface area contributed by atoms with Crippen molar-refractivity contribution < 1.29 is 4.74 Å². The second kappa shape index (κ2) is 5.76. The molecule has 3 N–H and O–H groups in total. The first kappa shape index (κ1) is 15.4. The number of amidine groups is 1. The Kier molecular flexibility index (Phi) is 4.43. The molecule has 1 fully saturated rings. The summed E-state index contributed by atoms with van der Waals surface area (Å²) in [6, 6.07) is 5.62. The minimum Gasteiger partial charge on any atom is -0.490 e. The van der Waals surface area contributed by atoms with Gasteiger partial charge in [0.05, 0.1) is 11.7 Å². The van der Waals surface area contributed by atoms with Crippen molar-refractivity contribution in [2.45, 2.75) is 46.1 Å². The van der Waals surface area contributed by atoms with E-state index < -0.39 is 0 Å². The lowest BCUT2D eigenvalue weighted by molar-refractivity contribution is 0.0561. The zero-order valence-corrected chi connectivity index (χ0v) is 14.0. The molecule has 2 rings (SSSR count). The summed E-state index contributed by atoms with van der Waals surface area (Å²) in [7, 11) is 0. The van der Waals surface area contributed by atoms with Crippen LogP contribution in [0, 0.1) is 16.7 Å². The molecule has 2 unspecified atom stereocenters. The first-order valence-electron chi connectivity index (χ1n) is 7.07. The summed E-state index contributed by atoms with van der Waals surface area (Å²) >= 11 is 3.45. The van der Waals surface area contributed by atoms with Crippen molar-refractivity contribution >= 4 is 21.8 Å². The van der Waals surface area contributed by atoms with E-state index in [4.69, 9.17) is 15.9 Å². The molecule has 0 heterocycles. The molecule has 1 aromatic rings. The number of ether oxygens (including phenoxy) is 1. The van der Waals surface area contributed by atoms with E-state index in [2.05, 4.69) is 36.7 Å². The number of nitrogen functional groups attached to an aromatic ring is 1. The summed E-state index contributed by atoms with van der Waals surface area (Å²) in [5, 5.41) is 7.66.